The minimum atomic E-state index is -3.25. The highest BCUT2D eigenvalue weighted by atomic mass is 19.3. The number of aliphatic hydroxyl groups excluding tert-OH is 1. The number of fused-ring (bicyclic) bond motifs is 2. The SMILES string of the molecule is Cc1c(C2NCC3C2C=CCC(F)(F)C3O)c(F)cc2c(=O)[nH]c(=O)n(C3CC3)c12. The van der Waals surface area contributed by atoms with Gasteiger partial charge in [0.15, 0.2) is 0 Å². The van der Waals surface area contributed by atoms with Crippen LogP contribution in [0, 0.1) is 24.6 Å². The third-order valence-electron chi connectivity index (χ3n) is 6.73. The first kappa shape index (κ1) is 19.6. The van der Waals surface area contributed by atoms with E-state index in [4.69, 9.17) is 0 Å². The van der Waals surface area contributed by atoms with Gasteiger partial charge in [-0.1, -0.05) is 12.2 Å². The maximum atomic E-state index is 15.3. The van der Waals surface area contributed by atoms with Crippen molar-refractivity contribution in [2.45, 2.75) is 50.3 Å². The molecule has 30 heavy (non-hydrogen) atoms. The third kappa shape index (κ3) is 2.79. The smallest absolute Gasteiger partial charge is 0.329 e. The van der Waals surface area contributed by atoms with Crippen molar-refractivity contribution in [3.05, 3.63) is 56.0 Å². The molecule has 6 nitrogen and oxygen atoms in total. The maximum absolute atomic E-state index is 15.3. The summed E-state index contributed by atoms with van der Waals surface area (Å²) in [5.41, 5.74) is -0.107. The van der Waals surface area contributed by atoms with E-state index in [1.165, 1.54) is 10.6 Å². The van der Waals surface area contributed by atoms with Crippen LogP contribution >= 0.6 is 0 Å². The molecular formula is C21H22F3N3O3. The number of nitrogens with one attached hydrogen (secondary N) is 2. The van der Waals surface area contributed by atoms with E-state index < -0.39 is 53.4 Å². The number of nitrogens with zero attached hydrogens (tertiary/aromatic N) is 1. The van der Waals surface area contributed by atoms with Gasteiger partial charge in [-0.15, -0.1) is 0 Å². The average Bonchev–Trinajstić information content (AvgIpc) is 3.44. The highest BCUT2D eigenvalue weighted by molar-refractivity contribution is 5.83. The van der Waals surface area contributed by atoms with Crippen LogP contribution in [-0.4, -0.2) is 33.2 Å². The fourth-order valence-corrected chi connectivity index (χ4v) is 5.12. The van der Waals surface area contributed by atoms with Crippen molar-refractivity contribution in [1.29, 1.82) is 0 Å². The van der Waals surface area contributed by atoms with E-state index in [9.17, 15) is 23.5 Å². The van der Waals surface area contributed by atoms with Crippen LogP contribution in [0.4, 0.5) is 13.2 Å². The number of aromatic nitrogens is 2. The Kier molecular flexibility index (Phi) is 4.27. The third-order valence-corrected chi connectivity index (χ3v) is 6.73. The number of aromatic amines is 1. The number of alkyl halides is 2. The summed E-state index contributed by atoms with van der Waals surface area (Å²) in [5, 5.41) is 13.4. The molecule has 9 heteroatoms. The molecule has 4 atom stereocenters. The largest absolute Gasteiger partial charge is 0.386 e. The minimum absolute atomic E-state index is 0.0450. The van der Waals surface area contributed by atoms with E-state index >= 15 is 4.39 Å². The monoisotopic (exact) mass is 421 g/mol. The summed E-state index contributed by atoms with van der Waals surface area (Å²) in [6.07, 6.45) is 2.14. The zero-order valence-corrected chi connectivity index (χ0v) is 16.3. The topological polar surface area (TPSA) is 87.1 Å². The fraction of sp³-hybridized carbons (Fsp3) is 0.524. The standard InChI is InChI=1S/C21H22F3N3O3/c1-9-15(16-11-3-2-6-21(23,24)18(28)13(11)8-25-16)14(22)7-12-17(9)27(10-4-5-10)20(30)26-19(12)29/h2-3,7,10-11,13,16,18,25,28H,4-6,8H2,1H3,(H,26,29,30). The second kappa shape index (κ2) is 6.55. The second-order valence-electron chi connectivity index (χ2n) is 8.62. The number of benzene rings is 1. The molecule has 0 spiro atoms. The van der Waals surface area contributed by atoms with Crippen LogP contribution in [0.25, 0.3) is 10.9 Å². The molecule has 3 N–H and O–H groups in total. The van der Waals surface area contributed by atoms with Crippen LogP contribution in [0.15, 0.2) is 27.8 Å². The molecule has 2 aromatic rings. The number of H-pyrrole nitrogens is 1. The van der Waals surface area contributed by atoms with Crippen molar-refractivity contribution in [3.8, 4) is 0 Å². The van der Waals surface area contributed by atoms with Crippen LogP contribution in [0.3, 0.4) is 0 Å². The van der Waals surface area contributed by atoms with Crippen LogP contribution < -0.4 is 16.6 Å². The zero-order chi connectivity index (χ0) is 21.4. The number of halogens is 3. The molecule has 0 amide bonds. The van der Waals surface area contributed by atoms with E-state index in [-0.39, 0.29) is 23.5 Å². The molecule has 2 heterocycles. The Morgan fingerprint density at radius 1 is 1.27 bits per heavy atom. The van der Waals surface area contributed by atoms with Gasteiger partial charge < -0.3 is 10.4 Å². The molecule has 1 aromatic carbocycles. The number of rotatable bonds is 2. The van der Waals surface area contributed by atoms with Gasteiger partial charge >= 0.3 is 5.69 Å². The summed E-state index contributed by atoms with van der Waals surface area (Å²) in [7, 11) is 0. The lowest BCUT2D eigenvalue weighted by molar-refractivity contribution is -0.127. The lowest BCUT2D eigenvalue weighted by Crippen LogP contribution is -2.40. The zero-order valence-electron chi connectivity index (χ0n) is 16.3. The summed E-state index contributed by atoms with van der Waals surface area (Å²) in [4.78, 5) is 27.1. The Balaban J connectivity index is 1.70. The molecule has 4 unspecified atom stereocenters. The Morgan fingerprint density at radius 2 is 2.00 bits per heavy atom. The first-order chi connectivity index (χ1) is 14.2. The van der Waals surface area contributed by atoms with Gasteiger partial charge in [0.2, 0.25) is 0 Å². The Labute approximate surface area is 169 Å². The molecule has 1 aromatic heterocycles. The Hall–Kier alpha value is -2.39. The summed E-state index contributed by atoms with van der Waals surface area (Å²) >= 11 is 0. The van der Waals surface area contributed by atoms with Gasteiger partial charge in [0.1, 0.15) is 11.9 Å². The van der Waals surface area contributed by atoms with Crippen molar-refractivity contribution in [2.75, 3.05) is 6.54 Å². The number of hydrogen-bond donors (Lipinski definition) is 3. The van der Waals surface area contributed by atoms with Crippen LogP contribution in [0.5, 0.6) is 0 Å². The number of hydrogen-bond acceptors (Lipinski definition) is 4. The molecular weight excluding hydrogens is 399 g/mol. The second-order valence-corrected chi connectivity index (χ2v) is 8.62. The first-order valence-electron chi connectivity index (χ1n) is 10.1. The summed E-state index contributed by atoms with van der Waals surface area (Å²) < 4.78 is 45.1. The van der Waals surface area contributed by atoms with Crippen LogP contribution in [-0.2, 0) is 0 Å². The van der Waals surface area contributed by atoms with Gasteiger partial charge in [0, 0.05) is 42.4 Å². The Bertz CT molecular complexity index is 1180. The lowest BCUT2D eigenvalue weighted by Gasteiger charge is -2.28. The molecule has 1 aliphatic heterocycles. The van der Waals surface area contributed by atoms with Crippen LogP contribution in [0.2, 0.25) is 0 Å². The maximum Gasteiger partial charge on any atom is 0.329 e. The molecule has 3 aliphatic rings. The molecule has 1 saturated heterocycles. The van der Waals surface area contributed by atoms with E-state index in [2.05, 4.69) is 10.3 Å². The highest BCUT2D eigenvalue weighted by Crippen LogP contribution is 2.46. The van der Waals surface area contributed by atoms with Gasteiger partial charge in [-0.05, 0) is 31.4 Å². The fourth-order valence-electron chi connectivity index (χ4n) is 5.12. The van der Waals surface area contributed by atoms with Crippen molar-refractivity contribution < 1.29 is 18.3 Å². The van der Waals surface area contributed by atoms with Gasteiger partial charge in [-0.25, -0.2) is 18.0 Å². The predicted molar refractivity (Wildman–Crippen MR) is 104 cm³/mol. The van der Waals surface area contributed by atoms with Crippen LogP contribution in [0.1, 0.15) is 42.5 Å². The average molecular weight is 421 g/mol. The van der Waals surface area contributed by atoms with Gasteiger partial charge in [-0.3, -0.25) is 14.3 Å². The van der Waals surface area contributed by atoms with Crippen molar-refractivity contribution in [1.82, 2.24) is 14.9 Å². The van der Waals surface area contributed by atoms with E-state index in [1.54, 1.807) is 13.0 Å². The highest BCUT2D eigenvalue weighted by Gasteiger charge is 2.51. The van der Waals surface area contributed by atoms with Crippen molar-refractivity contribution in [3.63, 3.8) is 0 Å². The van der Waals surface area contributed by atoms with Crippen molar-refractivity contribution >= 4 is 10.9 Å². The van der Waals surface area contributed by atoms with E-state index in [0.29, 0.717) is 11.1 Å². The lowest BCUT2D eigenvalue weighted by atomic mass is 9.82. The number of allylic oxidation sites excluding steroid dienone is 1. The van der Waals surface area contributed by atoms with Gasteiger partial charge in [0.25, 0.3) is 11.5 Å². The molecule has 160 valence electrons. The minimum Gasteiger partial charge on any atom is -0.386 e. The quantitative estimate of drug-likeness (QED) is 0.650. The molecule has 0 bridgehead atoms. The first-order valence-corrected chi connectivity index (χ1v) is 10.1. The van der Waals surface area contributed by atoms with E-state index in [1.807, 2.05) is 0 Å². The van der Waals surface area contributed by atoms with E-state index in [0.717, 1.165) is 18.9 Å². The summed E-state index contributed by atoms with van der Waals surface area (Å²) in [5.74, 6) is -5.20. The number of aryl methyl sites for hydroxylation is 1. The summed E-state index contributed by atoms with van der Waals surface area (Å²) in [6, 6.07) is 0.424. The van der Waals surface area contributed by atoms with Gasteiger partial charge in [0.05, 0.1) is 10.9 Å². The molecule has 5 rings (SSSR count). The predicted octanol–water partition coefficient (Wildman–Crippen LogP) is 2.31. The Morgan fingerprint density at radius 3 is 2.70 bits per heavy atom. The molecule has 1 saturated carbocycles. The number of aliphatic hydroxyl groups is 1. The van der Waals surface area contributed by atoms with Crippen molar-refractivity contribution in [2.24, 2.45) is 11.8 Å². The summed E-state index contributed by atoms with van der Waals surface area (Å²) in [6.45, 7) is 1.76. The van der Waals surface area contributed by atoms with Gasteiger partial charge in [-0.2, -0.15) is 0 Å². The molecule has 2 fully saturated rings. The molecule has 2 aliphatic carbocycles. The molecule has 0 radical (unpaired) electrons. The normalized spacial score (nSPS) is 30.4.